The predicted molar refractivity (Wildman–Crippen MR) is 64.7 cm³/mol. The van der Waals surface area contributed by atoms with Gasteiger partial charge in [-0.2, -0.15) is 0 Å². The van der Waals surface area contributed by atoms with Crippen LogP contribution in [0.5, 0.6) is 0 Å². The van der Waals surface area contributed by atoms with E-state index in [1.54, 1.807) is 6.92 Å². The van der Waals surface area contributed by atoms with Gasteiger partial charge in [0.15, 0.2) is 5.78 Å². The first-order valence-electron chi connectivity index (χ1n) is 5.37. The first-order chi connectivity index (χ1) is 7.65. The van der Waals surface area contributed by atoms with Crippen LogP contribution in [0.15, 0.2) is 42.7 Å². The van der Waals surface area contributed by atoms with Crippen LogP contribution in [-0.2, 0) is 6.54 Å². The summed E-state index contributed by atoms with van der Waals surface area (Å²) >= 11 is 0. The third-order valence-electron chi connectivity index (χ3n) is 2.60. The number of aromatic nitrogens is 1. The van der Waals surface area contributed by atoms with Gasteiger partial charge in [-0.3, -0.25) is 4.79 Å². The highest BCUT2D eigenvalue weighted by molar-refractivity contribution is 5.93. The molecule has 2 aromatic rings. The Morgan fingerprint density at radius 3 is 2.75 bits per heavy atom. The molecule has 1 aromatic heterocycles. The fourth-order valence-electron chi connectivity index (χ4n) is 1.77. The number of aryl methyl sites for hydroxylation is 1. The summed E-state index contributed by atoms with van der Waals surface area (Å²) in [6, 6.07) is 10.3. The highest BCUT2D eigenvalue weighted by Gasteiger charge is 2.01. The Morgan fingerprint density at radius 1 is 1.31 bits per heavy atom. The third kappa shape index (κ3) is 2.40. The highest BCUT2D eigenvalue weighted by atomic mass is 16.1. The number of Topliss-reactive ketones (excluding diaryl/α,β-unsaturated/α-hetero) is 1. The summed E-state index contributed by atoms with van der Waals surface area (Å²) in [5.74, 6) is 0.114. The van der Waals surface area contributed by atoms with Gasteiger partial charge in [-0.25, -0.2) is 0 Å². The average Bonchev–Trinajstić information content (AvgIpc) is 2.66. The molecule has 16 heavy (non-hydrogen) atoms. The molecule has 0 spiro atoms. The first kappa shape index (κ1) is 10.7. The summed E-state index contributed by atoms with van der Waals surface area (Å²) in [6.07, 6.45) is 3.84. The van der Waals surface area contributed by atoms with E-state index in [1.807, 2.05) is 23.0 Å². The molecule has 0 aliphatic heterocycles. The van der Waals surface area contributed by atoms with Gasteiger partial charge < -0.3 is 4.57 Å². The second kappa shape index (κ2) is 4.35. The molecule has 0 fully saturated rings. The van der Waals surface area contributed by atoms with Gasteiger partial charge in [-0.1, -0.05) is 29.8 Å². The molecule has 2 heteroatoms. The maximum atomic E-state index is 11.2. The molecular formula is C14H15NO. The number of nitrogens with zero attached hydrogens (tertiary/aromatic N) is 1. The van der Waals surface area contributed by atoms with Crippen LogP contribution >= 0.6 is 0 Å². The Balaban J connectivity index is 2.17. The van der Waals surface area contributed by atoms with Gasteiger partial charge >= 0.3 is 0 Å². The van der Waals surface area contributed by atoms with Crippen LogP contribution in [0.25, 0.3) is 0 Å². The third-order valence-corrected chi connectivity index (χ3v) is 2.60. The van der Waals surface area contributed by atoms with E-state index in [0.29, 0.717) is 0 Å². The lowest BCUT2D eigenvalue weighted by atomic mass is 10.1. The van der Waals surface area contributed by atoms with Crippen LogP contribution in [0.4, 0.5) is 0 Å². The molecule has 0 amide bonds. The maximum absolute atomic E-state index is 11.2. The lowest BCUT2D eigenvalue weighted by Crippen LogP contribution is -1.97. The van der Waals surface area contributed by atoms with Crippen LogP contribution < -0.4 is 0 Å². The second-order valence-electron chi connectivity index (χ2n) is 4.12. The number of hydrogen-bond acceptors (Lipinski definition) is 1. The molecule has 1 heterocycles. The van der Waals surface area contributed by atoms with Crippen LogP contribution in [0, 0.1) is 6.92 Å². The minimum Gasteiger partial charge on any atom is -0.349 e. The molecule has 82 valence electrons. The van der Waals surface area contributed by atoms with Gasteiger partial charge in [0.1, 0.15) is 0 Å². The van der Waals surface area contributed by atoms with E-state index >= 15 is 0 Å². The average molecular weight is 213 g/mol. The first-order valence-corrected chi connectivity index (χ1v) is 5.37. The number of carbonyl (C=O) groups is 1. The quantitative estimate of drug-likeness (QED) is 0.718. The lowest BCUT2D eigenvalue weighted by molar-refractivity contribution is 0.101. The Morgan fingerprint density at radius 2 is 2.12 bits per heavy atom. The molecule has 0 radical (unpaired) electrons. The Kier molecular flexibility index (Phi) is 2.91. The monoisotopic (exact) mass is 213 g/mol. The van der Waals surface area contributed by atoms with Crippen LogP contribution in [0.2, 0.25) is 0 Å². The summed E-state index contributed by atoms with van der Waals surface area (Å²) in [7, 11) is 0. The molecule has 2 nitrogen and oxygen atoms in total. The van der Waals surface area contributed by atoms with Crippen molar-refractivity contribution in [3.8, 4) is 0 Å². The van der Waals surface area contributed by atoms with Crippen LogP contribution in [-0.4, -0.2) is 10.4 Å². The zero-order valence-electron chi connectivity index (χ0n) is 9.60. The van der Waals surface area contributed by atoms with E-state index in [0.717, 1.165) is 12.1 Å². The summed E-state index contributed by atoms with van der Waals surface area (Å²) in [6.45, 7) is 4.49. The van der Waals surface area contributed by atoms with Crippen molar-refractivity contribution >= 4 is 5.78 Å². The van der Waals surface area contributed by atoms with Gasteiger partial charge in [0, 0.05) is 24.5 Å². The summed E-state index contributed by atoms with van der Waals surface area (Å²) < 4.78 is 2.03. The van der Waals surface area contributed by atoms with Crippen molar-refractivity contribution in [2.45, 2.75) is 20.4 Å². The van der Waals surface area contributed by atoms with Crippen LogP contribution in [0.1, 0.15) is 28.4 Å². The standard InChI is InChI=1S/C14H15NO/c1-11-4-3-5-13(8-11)9-15-7-6-14(10-15)12(2)16/h3-8,10H,9H2,1-2H3. The Labute approximate surface area is 95.5 Å². The zero-order valence-corrected chi connectivity index (χ0v) is 9.60. The fourth-order valence-corrected chi connectivity index (χ4v) is 1.77. The second-order valence-corrected chi connectivity index (χ2v) is 4.12. The van der Waals surface area contributed by atoms with Crippen molar-refractivity contribution in [2.75, 3.05) is 0 Å². The van der Waals surface area contributed by atoms with Crippen molar-refractivity contribution in [2.24, 2.45) is 0 Å². The van der Waals surface area contributed by atoms with Gasteiger partial charge in [-0.05, 0) is 25.5 Å². The number of hydrogen-bond donors (Lipinski definition) is 0. The maximum Gasteiger partial charge on any atom is 0.161 e. The molecule has 0 unspecified atom stereocenters. The zero-order chi connectivity index (χ0) is 11.5. The molecule has 1 aromatic carbocycles. The smallest absolute Gasteiger partial charge is 0.161 e. The largest absolute Gasteiger partial charge is 0.349 e. The topological polar surface area (TPSA) is 22.0 Å². The molecule has 0 atom stereocenters. The van der Waals surface area contributed by atoms with Crippen molar-refractivity contribution < 1.29 is 4.79 Å². The Hall–Kier alpha value is -1.83. The van der Waals surface area contributed by atoms with E-state index in [4.69, 9.17) is 0 Å². The normalized spacial score (nSPS) is 10.4. The number of carbonyl (C=O) groups excluding carboxylic acids is 1. The molecule has 0 N–H and O–H groups in total. The van der Waals surface area contributed by atoms with Crippen molar-refractivity contribution in [1.82, 2.24) is 4.57 Å². The minimum absolute atomic E-state index is 0.114. The summed E-state index contributed by atoms with van der Waals surface area (Å²) in [4.78, 5) is 11.2. The van der Waals surface area contributed by atoms with Gasteiger partial charge in [-0.15, -0.1) is 0 Å². The predicted octanol–water partition coefficient (Wildman–Crippen LogP) is 3.05. The number of rotatable bonds is 3. The van der Waals surface area contributed by atoms with E-state index in [2.05, 4.69) is 31.2 Å². The molecule has 0 aliphatic rings. The van der Waals surface area contributed by atoms with Gasteiger partial charge in [0.05, 0.1) is 0 Å². The molecule has 0 aliphatic carbocycles. The number of benzene rings is 1. The van der Waals surface area contributed by atoms with E-state index in [-0.39, 0.29) is 5.78 Å². The van der Waals surface area contributed by atoms with Gasteiger partial charge in [0.2, 0.25) is 0 Å². The lowest BCUT2D eigenvalue weighted by Gasteiger charge is -2.03. The molecule has 0 saturated carbocycles. The van der Waals surface area contributed by atoms with Gasteiger partial charge in [0.25, 0.3) is 0 Å². The van der Waals surface area contributed by atoms with E-state index in [1.165, 1.54) is 11.1 Å². The SMILES string of the molecule is CC(=O)c1ccn(Cc2cccc(C)c2)c1. The number of ketones is 1. The molecular weight excluding hydrogens is 198 g/mol. The molecule has 2 rings (SSSR count). The van der Waals surface area contributed by atoms with Crippen molar-refractivity contribution in [3.63, 3.8) is 0 Å². The van der Waals surface area contributed by atoms with E-state index in [9.17, 15) is 4.79 Å². The van der Waals surface area contributed by atoms with Crippen LogP contribution in [0.3, 0.4) is 0 Å². The summed E-state index contributed by atoms with van der Waals surface area (Å²) in [5, 5.41) is 0. The molecule has 0 bridgehead atoms. The molecule has 0 saturated heterocycles. The minimum atomic E-state index is 0.114. The fraction of sp³-hybridized carbons (Fsp3) is 0.214. The van der Waals surface area contributed by atoms with E-state index < -0.39 is 0 Å². The van der Waals surface area contributed by atoms with Crippen molar-refractivity contribution in [3.05, 3.63) is 59.4 Å². The Bertz CT molecular complexity index is 511. The highest BCUT2D eigenvalue weighted by Crippen LogP contribution is 2.08. The summed E-state index contributed by atoms with van der Waals surface area (Å²) in [5.41, 5.74) is 3.29. The van der Waals surface area contributed by atoms with Crippen molar-refractivity contribution in [1.29, 1.82) is 0 Å².